The van der Waals surface area contributed by atoms with Gasteiger partial charge in [-0.2, -0.15) is 10.2 Å². The minimum Gasteiger partial charge on any atom is -0.355 e. The molecule has 0 radical (unpaired) electrons. The van der Waals surface area contributed by atoms with Gasteiger partial charge in [0.1, 0.15) is 11.3 Å². The highest BCUT2D eigenvalue weighted by Crippen LogP contribution is 2.47. The molecule has 0 aliphatic carbocycles. The summed E-state index contributed by atoms with van der Waals surface area (Å²) in [7, 11) is 0. The van der Waals surface area contributed by atoms with E-state index in [1.807, 2.05) is 12.4 Å². The molecule has 172 valence electrons. The van der Waals surface area contributed by atoms with Gasteiger partial charge in [0, 0.05) is 42.0 Å². The van der Waals surface area contributed by atoms with Gasteiger partial charge in [-0.25, -0.2) is 9.97 Å². The van der Waals surface area contributed by atoms with Gasteiger partial charge in [0.05, 0.1) is 35.0 Å². The first-order valence-corrected chi connectivity index (χ1v) is 12.0. The Morgan fingerprint density at radius 3 is 2.85 bits per heavy atom. The predicted molar refractivity (Wildman–Crippen MR) is 130 cm³/mol. The lowest BCUT2D eigenvalue weighted by atomic mass is 9.73. The molecule has 3 aliphatic rings. The largest absolute Gasteiger partial charge is 0.355 e. The van der Waals surface area contributed by atoms with E-state index in [2.05, 4.69) is 68.0 Å². The van der Waals surface area contributed by atoms with Crippen LogP contribution in [0.2, 0.25) is 0 Å². The van der Waals surface area contributed by atoms with Crippen LogP contribution in [0.1, 0.15) is 37.1 Å². The summed E-state index contributed by atoms with van der Waals surface area (Å²) < 4.78 is 2.07. The van der Waals surface area contributed by atoms with Crippen molar-refractivity contribution >= 4 is 23.1 Å². The molecule has 1 fully saturated rings. The quantitative estimate of drug-likeness (QED) is 0.477. The second-order valence-corrected chi connectivity index (χ2v) is 9.95. The van der Waals surface area contributed by atoms with E-state index >= 15 is 0 Å². The van der Waals surface area contributed by atoms with Crippen molar-refractivity contribution < 1.29 is 0 Å². The minimum absolute atomic E-state index is 0.0446. The number of piperidine rings is 1. The molecule has 34 heavy (non-hydrogen) atoms. The zero-order valence-corrected chi connectivity index (χ0v) is 19.4. The van der Waals surface area contributed by atoms with Crippen molar-refractivity contribution in [3.8, 4) is 11.3 Å². The number of H-pyrrole nitrogens is 1. The number of anilines is 1. The number of nitrogens with zero attached hydrogens (tertiary/aromatic N) is 7. The fourth-order valence-corrected chi connectivity index (χ4v) is 6.03. The van der Waals surface area contributed by atoms with Crippen LogP contribution in [0, 0.1) is 12.3 Å². The molecule has 1 saturated heterocycles. The van der Waals surface area contributed by atoms with E-state index in [9.17, 15) is 0 Å². The Bertz CT molecular complexity index is 1550. The Labute approximate surface area is 196 Å². The average Bonchev–Trinajstić information content (AvgIpc) is 3.60. The summed E-state index contributed by atoms with van der Waals surface area (Å²) in [5.74, 6) is 0.872. The van der Waals surface area contributed by atoms with E-state index in [0.29, 0.717) is 5.65 Å². The number of aromatic amines is 1. The molecule has 0 bridgehead atoms. The van der Waals surface area contributed by atoms with E-state index in [0.717, 1.165) is 66.1 Å². The fourth-order valence-electron chi connectivity index (χ4n) is 6.03. The van der Waals surface area contributed by atoms with Gasteiger partial charge in [0.2, 0.25) is 5.65 Å². The Hall–Kier alpha value is -3.59. The number of fused-ring (bicyclic) bond motifs is 3. The van der Waals surface area contributed by atoms with Crippen molar-refractivity contribution in [1.82, 2.24) is 29.9 Å². The van der Waals surface area contributed by atoms with Crippen LogP contribution in [-0.2, 0) is 6.54 Å². The molecule has 7 rings (SSSR count). The molecule has 1 unspecified atom stereocenters. The zero-order chi connectivity index (χ0) is 23.0. The second-order valence-electron chi connectivity index (χ2n) is 9.95. The van der Waals surface area contributed by atoms with Gasteiger partial charge in [0.25, 0.3) is 0 Å². The number of nitrogens with two attached hydrogens (primary N) is 1. The molecule has 3 N–H and O–H groups in total. The van der Waals surface area contributed by atoms with E-state index in [1.165, 1.54) is 10.8 Å². The third kappa shape index (κ3) is 2.73. The first-order chi connectivity index (χ1) is 16.5. The lowest BCUT2D eigenvalue weighted by Gasteiger charge is -2.41. The van der Waals surface area contributed by atoms with E-state index in [1.54, 1.807) is 0 Å². The third-order valence-electron chi connectivity index (χ3n) is 8.04. The minimum atomic E-state index is 0.0446. The van der Waals surface area contributed by atoms with Crippen LogP contribution in [0.25, 0.3) is 28.5 Å². The van der Waals surface area contributed by atoms with Crippen LogP contribution >= 0.6 is 0 Å². The lowest BCUT2D eigenvalue weighted by molar-refractivity contribution is 0.170. The van der Waals surface area contributed by atoms with Crippen LogP contribution in [0.3, 0.4) is 0 Å². The molecule has 1 spiro atoms. The summed E-state index contributed by atoms with van der Waals surface area (Å²) in [6.45, 7) is 6.95. The van der Waals surface area contributed by atoms with Crippen molar-refractivity contribution in [1.29, 1.82) is 0 Å². The number of benzene rings is 1. The highest BCUT2D eigenvalue weighted by molar-refractivity contribution is 5.89. The molecule has 3 aromatic heterocycles. The normalized spacial score (nSPS) is 22.6. The Kier molecular flexibility index (Phi) is 4.06. The van der Waals surface area contributed by atoms with Gasteiger partial charge in [-0.1, -0.05) is 12.1 Å². The van der Waals surface area contributed by atoms with Gasteiger partial charge in [-0.15, -0.1) is 0 Å². The van der Waals surface area contributed by atoms with Crippen molar-refractivity contribution in [2.45, 2.75) is 45.3 Å². The number of nitrogens with one attached hydrogen (secondary N) is 1. The maximum absolute atomic E-state index is 6.64. The first-order valence-electron chi connectivity index (χ1n) is 12.0. The SMILES string of the molecule is Cc1c(-c2[nH]nc3nc(N4CCC5(CC4)Cn4nccc4[C@H]5N)cnc23)ccc2c1=CC(C)N=2. The van der Waals surface area contributed by atoms with E-state index < -0.39 is 0 Å². The predicted octanol–water partition coefficient (Wildman–Crippen LogP) is 1.63. The molecular formula is C25H27N9. The van der Waals surface area contributed by atoms with Gasteiger partial charge in [-0.05, 0) is 44.4 Å². The standard InChI is InChI=1S/C25H27N9/c1-14-11-17-15(2)16(3-4-18(17)29-14)21-22-24(32-31-21)30-20(12-27-22)33-9-6-25(7-10-33)13-34-19(23(25)26)5-8-28-34/h3-5,8,11-12,14,23H,6-7,9-10,13,26H2,1-2H3,(H,30,31,32)/t14?,23-/m1/s1. The van der Waals surface area contributed by atoms with E-state index in [-0.39, 0.29) is 17.5 Å². The maximum Gasteiger partial charge on any atom is 0.202 e. The Morgan fingerprint density at radius 2 is 2.03 bits per heavy atom. The van der Waals surface area contributed by atoms with Crippen molar-refractivity contribution in [2.24, 2.45) is 16.1 Å². The van der Waals surface area contributed by atoms with Crippen LogP contribution < -0.4 is 21.2 Å². The van der Waals surface area contributed by atoms with Crippen molar-refractivity contribution in [2.75, 3.05) is 18.0 Å². The molecule has 3 aliphatic heterocycles. The molecule has 2 atom stereocenters. The second kappa shape index (κ2) is 6.96. The van der Waals surface area contributed by atoms with Gasteiger partial charge < -0.3 is 10.6 Å². The van der Waals surface area contributed by atoms with Crippen LogP contribution in [0.5, 0.6) is 0 Å². The van der Waals surface area contributed by atoms with Gasteiger partial charge in [0.15, 0.2) is 0 Å². The first kappa shape index (κ1) is 19.8. The smallest absolute Gasteiger partial charge is 0.202 e. The summed E-state index contributed by atoms with van der Waals surface area (Å²) in [6, 6.07) is 6.49. The van der Waals surface area contributed by atoms with Gasteiger partial charge >= 0.3 is 0 Å². The summed E-state index contributed by atoms with van der Waals surface area (Å²) in [5.41, 5.74) is 12.5. The summed E-state index contributed by atoms with van der Waals surface area (Å²) in [4.78, 5) is 16.6. The number of rotatable bonds is 2. The summed E-state index contributed by atoms with van der Waals surface area (Å²) in [5, 5.41) is 14.4. The molecule has 0 amide bonds. The van der Waals surface area contributed by atoms with E-state index in [4.69, 9.17) is 15.7 Å². The number of hydrogen-bond donors (Lipinski definition) is 2. The zero-order valence-electron chi connectivity index (χ0n) is 19.4. The van der Waals surface area contributed by atoms with Crippen LogP contribution in [0.15, 0.2) is 35.6 Å². The highest BCUT2D eigenvalue weighted by atomic mass is 15.3. The molecule has 0 saturated carbocycles. The molecule has 9 nitrogen and oxygen atoms in total. The number of aromatic nitrogens is 6. The maximum atomic E-state index is 6.64. The fraction of sp³-hybridized carbons (Fsp3) is 0.400. The van der Waals surface area contributed by atoms with Crippen LogP contribution in [-0.4, -0.2) is 49.1 Å². The average molecular weight is 454 g/mol. The molecule has 4 aromatic rings. The molecule has 1 aromatic carbocycles. The topological polar surface area (TPSA) is 114 Å². The van der Waals surface area contributed by atoms with Gasteiger partial charge in [-0.3, -0.25) is 14.8 Å². The Morgan fingerprint density at radius 1 is 1.18 bits per heavy atom. The van der Waals surface area contributed by atoms with Crippen LogP contribution in [0.4, 0.5) is 5.82 Å². The third-order valence-corrected chi connectivity index (χ3v) is 8.04. The molecule has 6 heterocycles. The van der Waals surface area contributed by atoms with Crippen molar-refractivity contribution in [3.63, 3.8) is 0 Å². The lowest BCUT2D eigenvalue weighted by Crippen LogP contribution is -2.45. The molecular weight excluding hydrogens is 426 g/mol. The number of hydrogen-bond acceptors (Lipinski definition) is 7. The van der Waals surface area contributed by atoms with Crippen molar-refractivity contribution in [3.05, 3.63) is 52.4 Å². The monoisotopic (exact) mass is 453 g/mol. The highest BCUT2D eigenvalue weighted by Gasteiger charge is 2.47. The Balaban J connectivity index is 1.16. The molecule has 9 heteroatoms. The summed E-state index contributed by atoms with van der Waals surface area (Å²) in [6.07, 6.45) is 7.96. The summed E-state index contributed by atoms with van der Waals surface area (Å²) >= 11 is 0.